The van der Waals surface area contributed by atoms with Crippen LogP contribution in [0.3, 0.4) is 0 Å². The lowest BCUT2D eigenvalue weighted by Crippen LogP contribution is -2.42. The van der Waals surface area contributed by atoms with E-state index in [0.717, 1.165) is 23.2 Å². The largest absolute Gasteiger partial charge is 0.338 e. The molecule has 1 atom stereocenters. The number of hydrogen-bond acceptors (Lipinski definition) is 3. The Kier molecular flexibility index (Phi) is 5.58. The quantitative estimate of drug-likeness (QED) is 0.726. The van der Waals surface area contributed by atoms with E-state index in [4.69, 9.17) is 27.7 Å². The second-order valence-electron chi connectivity index (χ2n) is 6.64. The van der Waals surface area contributed by atoms with Crippen LogP contribution in [-0.4, -0.2) is 29.2 Å². The number of nitrogens with one attached hydrogen (secondary N) is 1. The topological polar surface area (TPSA) is 58.4 Å². The summed E-state index contributed by atoms with van der Waals surface area (Å²) in [7, 11) is 0. The summed E-state index contributed by atoms with van der Waals surface area (Å²) in [6, 6.07) is 5.44. The highest BCUT2D eigenvalue weighted by Gasteiger charge is 2.25. The van der Waals surface area contributed by atoms with Crippen LogP contribution in [0.25, 0.3) is 6.08 Å². The minimum absolute atomic E-state index is 0.162. The molecule has 5 nitrogen and oxygen atoms in total. The maximum absolute atomic E-state index is 12.5. The standard InChI is InChI=1S/C19H21Cl2N3O2/c1-11-10-24(19(25)22-18-12(2)13(3)23-26-18)7-6-15(11)8-14-4-5-16(20)17(21)9-14/h4-5,8-9,11H,6-7,10H2,1-3H3,(H,22,25). The molecule has 0 radical (unpaired) electrons. The van der Waals surface area contributed by atoms with Gasteiger partial charge in [-0.15, -0.1) is 0 Å². The summed E-state index contributed by atoms with van der Waals surface area (Å²) < 4.78 is 5.16. The van der Waals surface area contributed by atoms with E-state index < -0.39 is 0 Å². The van der Waals surface area contributed by atoms with Gasteiger partial charge in [-0.25, -0.2) is 4.79 Å². The molecular formula is C19H21Cl2N3O2. The first-order valence-corrected chi connectivity index (χ1v) is 9.25. The molecule has 26 heavy (non-hydrogen) atoms. The van der Waals surface area contributed by atoms with E-state index in [2.05, 4.69) is 23.5 Å². The molecule has 7 heteroatoms. The van der Waals surface area contributed by atoms with E-state index in [0.29, 0.717) is 29.0 Å². The maximum atomic E-state index is 12.5. The number of aromatic nitrogens is 1. The summed E-state index contributed by atoms with van der Waals surface area (Å²) in [4.78, 5) is 14.3. The predicted octanol–water partition coefficient (Wildman–Crippen LogP) is 5.56. The van der Waals surface area contributed by atoms with E-state index in [1.807, 2.05) is 26.0 Å². The third-order valence-corrected chi connectivity index (χ3v) is 5.50. The zero-order valence-corrected chi connectivity index (χ0v) is 16.5. The van der Waals surface area contributed by atoms with Gasteiger partial charge in [0.15, 0.2) is 0 Å². The molecule has 1 aromatic heterocycles. The minimum Gasteiger partial charge on any atom is -0.338 e. The molecule has 0 saturated carbocycles. The first-order chi connectivity index (χ1) is 12.3. The molecule has 0 aliphatic carbocycles. The number of likely N-dealkylation sites (tertiary alicyclic amines) is 1. The SMILES string of the molecule is Cc1noc(NC(=O)N2CCC(=Cc3ccc(Cl)c(Cl)c3)C(C)C2)c1C. The number of carbonyl (C=O) groups is 1. The number of hydrogen-bond donors (Lipinski definition) is 1. The number of urea groups is 1. The summed E-state index contributed by atoms with van der Waals surface area (Å²) in [5, 5.41) is 7.76. The zero-order valence-electron chi connectivity index (χ0n) is 15.0. The molecule has 1 N–H and O–H groups in total. The van der Waals surface area contributed by atoms with Crippen LogP contribution in [0, 0.1) is 19.8 Å². The highest BCUT2D eigenvalue weighted by atomic mass is 35.5. The number of anilines is 1. The van der Waals surface area contributed by atoms with Gasteiger partial charge in [-0.3, -0.25) is 5.32 Å². The van der Waals surface area contributed by atoms with Gasteiger partial charge in [0.25, 0.3) is 0 Å². The van der Waals surface area contributed by atoms with Crippen molar-refractivity contribution in [2.24, 2.45) is 5.92 Å². The molecule has 2 aromatic rings. The van der Waals surface area contributed by atoms with Crippen LogP contribution in [0.1, 0.15) is 30.2 Å². The van der Waals surface area contributed by atoms with E-state index in [1.165, 1.54) is 5.57 Å². The number of rotatable bonds is 2. The van der Waals surface area contributed by atoms with Crippen molar-refractivity contribution >= 4 is 41.2 Å². The van der Waals surface area contributed by atoms with Gasteiger partial charge in [0.05, 0.1) is 15.7 Å². The number of benzene rings is 1. The van der Waals surface area contributed by atoms with Crippen molar-refractivity contribution in [1.82, 2.24) is 10.1 Å². The zero-order chi connectivity index (χ0) is 18.8. The normalized spacial score (nSPS) is 19.0. The van der Waals surface area contributed by atoms with Crippen molar-refractivity contribution in [2.75, 3.05) is 18.4 Å². The maximum Gasteiger partial charge on any atom is 0.324 e. The molecule has 3 rings (SSSR count). The van der Waals surface area contributed by atoms with Gasteiger partial charge >= 0.3 is 6.03 Å². The van der Waals surface area contributed by atoms with Crippen molar-refractivity contribution in [1.29, 1.82) is 0 Å². The smallest absolute Gasteiger partial charge is 0.324 e. The Bertz CT molecular complexity index is 860. The van der Waals surface area contributed by atoms with E-state index in [-0.39, 0.29) is 11.9 Å². The molecule has 1 saturated heterocycles. The van der Waals surface area contributed by atoms with Crippen molar-refractivity contribution in [3.63, 3.8) is 0 Å². The summed E-state index contributed by atoms with van der Waals surface area (Å²) in [6.07, 6.45) is 2.94. The van der Waals surface area contributed by atoms with Crippen LogP contribution in [0.5, 0.6) is 0 Å². The Morgan fingerprint density at radius 1 is 1.35 bits per heavy atom. The van der Waals surface area contributed by atoms with Gasteiger partial charge in [0.1, 0.15) is 0 Å². The van der Waals surface area contributed by atoms with Gasteiger partial charge in [0, 0.05) is 18.7 Å². The Balaban J connectivity index is 1.66. The number of amides is 2. The van der Waals surface area contributed by atoms with Gasteiger partial charge < -0.3 is 9.42 Å². The third-order valence-electron chi connectivity index (χ3n) is 4.76. The molecule has 1 fully saturated rings. The molecule has 138 valence electrons. The molecule has 2 amide bonds. The lowest BCUT2D eigenvalue weighted by atomic mass is 9.91. The highest BCUT2D eigenvalue weighted by molar-refractivity contribution is 6.42. The van der Waals surface area contributed by atoms with Gasteiger partial charge in [-0.1, -0.05) is 53.0 Å². The average Bonchev–Trinajstić information content (AvgIpc) is 2.92. The molecule has 2 heterocycles. The number of nitrogens with zero attached hydrogens (tertiary/aromatic N) is 2. The van der Waals surface area contributed by atoms with Crippen LogP contribution in [0.2, 0.25) is 10.0 Å². The van der Waals surface area contributed by atoms with E-state index in [9.17, 15) is 4.79 Å². The summed E-state index contributed by atoms with van der Waals surface area (Å²) >= 11 is 12.1. The van der Waals surface area contributed by atoms with Crippen LogP contribution < -0.4 is 5.32 Å². The van der Waals surface area contributed by atoms with Crippen LogP contribution in [0.15, 0.2) is 28.3 Å². The van der Waals surface area contributed by atoms with Gasteiger partial charge in [0.2, 0.25) is 5.88 Å². The number of halogens is 2. The van der Waals surface area contributed by atoms with Crippen LogP contribution in [0.4, 0.5) is 10.7 Å². The molecular weight excluding hydrogens is 373 g/mol. The Morgan fingerprint density at radius 3 is 2.73 bits per heavy atom. The summed E-state index contributed by atoms with van der Waals surface area (Å²) in [6.45, 7) is 7.13. The fourth-order valence-corrected chi connectivity index (χ4v) is 3.28. The number of piperidine rings is 1. The fourth-order valence-electron chi connectivity index (χ4n) is 2.97. The van der Waals surface area contributed by atoms with Crippen molar-refractivity contribution < 1.29 is 9.32 Å². The molecule has 1 aliphatic rings. The second-order valence-corrected chi connectivity index (χ2v) is 7.46. The Labute approximate surface area is 162 Å². The average molecular weight is 394 g/mol. The lowest BCUT2D eigenvalue weighted by Gasteiger charge is -2.33. The number of aryl methyl sites for hydroxylation is 1. The van der Waals surface area contributed by atoms with E-state index >= 15 is 0 Å². The van der Waals surface area contributed by atoms with Gasteiger partial charge in [-0.05, 0) is 43.9 Å². The second kappa shape index (κ2) is 7.72. The molecule has 0 spiro atoms. The molecule has 1 aromatic carbocycles. The molecule has 1 unspecified atom stereocenters. The molecule has 0 bridgehead atoms. The lowest BCUT2D eigenvalue weighted by molar-refractivity contribution is 0.197. The van der Waals surface area contributed by atoms with Crippen LogP contribution in [-0.2, 0) is 0 Å². The van der Waals surface area contributed by atoms with Crippen LogP contribution >= 0.6 is 23.2 Å². The Hall–Kier alpha value is -1.98. The monoisotopic (exact) mass is 393 g/mol. The van der Waals surface area contributed by atoms with E-state index in [1.54, 1.807) is 11.0 Å². The first kappa shape index (κ1) is 18.8. The molecule has 1 aliphatic heterocycles. The number of carbonyl (C=O) groups excluding carboxylic acids is 1. The minimum atomic E-state index is -0.162. The van der Waals surface area contributed by atoms with Crippen molar-refractivity contribution in [2.45, 2.75) is 27.2 Å². The fraction of sp³-hybridized carbons (Fsp3) is 0.368. The highest BCUT2D eigenvalue weighted by Crippen LogP contribution is 2.28. The summed E-state index contributed by atoms with van der Waals surface area (Å²) in [5.41, 5.74) is 3.94. The Morgan fingerprint density at radius 2 is 2.12 bits per heavy atom. The summed E-state index contributed by atoms with van der Waals surface area (Å²) in [5.74, 6) is 0.666. The predicted molar refractivity (Wildman–Crippen MR) is 105 cm³/mol. The third kappa shape index (κ3) is 4.05. The van der Waals surface area contributed by atoms with Crippen molar-refractivity contribution in [3.05, 3.63) is 50.6 Å². The van der Waals surface area contributed by atoms with Gasteiger partial charge in [-0.2, -0.15) is 0 Å². The first-order valence-electron chi connectivity index (χ1n) is 8.49. The van der Waals surface area contributed by atoms with Crippen molar-refractivity contribution in [3.8, 4) is 0 Å².